The Bertz CT molecular complexity index is 587. The predicted octanol–water partition coefficient (Wildman–Crippen LogP) is 4.55. The van der Waals surface area contributed by atoms with Gasteiger partial charge in [0.25, 0.3) is 0 Å². The lowest BCUT2D eigenvalue weighted by molar-refractivity contribution is 0.627. The van der Waals surface area contributed by atoms with E-state index in [0.717, 1.165) is 5.56 Å². The third-order valence-electron chi connectivity index (χ3n) is 2.80. The van der Waals surface area contributed by atoms with Crippen LogP contribution in [0.5, 0.6) is 0 Å². The van der Waals surface area contributed by atoms with E-state index in [1.807, 2.05) is 25.1 Å². The van der Waals surface area contributed by atoms with Crippen molar-refractivity contribution >= 4 is 17.3 Å². The minimum absolute atomic E-state index is 0.360. The van der Waals surface area contributed by atoms with Crippen LogP contribution in [0.3, 0.4) is 0 Å². The largest absolute Gasteiger partial charge is 0.381 e. The third kappa shape index (κ3) is 3.83. The Labute approximate surface area is 117 Å². The molecule has 0 spiro atoms. The van der Waals surface area contributed by atoms with Crippen LogP contribution >= 0.6 is 11.6 Å². The molecule has 0 radical (unpaired) electrons. The zero-order chi connectivity index (χ0) is 13.8. The summed E-state index contributed by atoms with van der Waals surface area (Å²) in [7, 11) is 0. The average Bonchev–Trinajstić information content (AvgIpc) is 2.35. The number of benzene rings is 2. The molecule has 0 amide bonds. The molecule has 0 fully saturated rings. The number of hydrogen-bond donors (Lipinski definition) is 1. The van der Waals surface area contributed by atoms with Crippen LogP contribution in [0.25, 0.3) is 5.70 Å². The fourth-order valence-electron chi connectivity index (χ4n) is 1.86. The first-order valence-electron chi connectivity index (χ1n) is 5.99. The maximum atomic E-state index is 13.3. The molecule has 2 aromatic carbocycles. The van der Waals surface area contributed by atoms with Crippen LogP contribution < -0.4 is 5.32 Å². The van der Waals surface area contributed by atoms with Gasteiger partial charge in [-0.1, -0.05) is 48.0 Å². The third-order valence-corrected chi connectivity index (χ3v) is 3.02. The molecule has 0 aliphatic rings. The summed E-state index contributed by atoms with van der Waals surface area (Å²) in [6.07, 6.45) is 0. The number of nitrogens with one attached hydrogen (secondary N) is 1. The van der Waals surface area contributed by atoms with Crippen molar-refractivity contribution in [2.75, 3.05) is 0 Å². The van der Waals surface area contributed by atoms with Crippen LogP contribution in [0.15, 0.2) is 49.0 Å². The zero-order valence-electron chi connectivity index (χ0n) is 10.7. The van der Waals surface area contributed by atoms with Gasteiger partial charge < -0.3 is 5.32 Å². The Balaban J connectivity index is 2.05. The first-order chi connectivity index (χ1) is 9.04. The molecule has 0 unspecified atom stereocenters. The SMILES string of the molecule is C=C(NCc1cccc(C)c1)c1cc(F)cc(Cl)c1. The van der Waals surface area contributed by atoms with Gasteiger partial charge >= 0.3 is 0 Å². The van der Waals surface area contributed by atoms with Crippen molar-refractivity contribution in [1.29, 1.82) is 0 Å². The van der Waals surface area contributed by atoms with Crippen LogP contribution in [-0.4, -0.2) is 0 Å². The lowest BCUT2D eigenvalue weighted by atomic mass is 10.1. The Kier molecular flexibility index (Phi) is 4.23. The molecule has 0 aliphatic heterocycles. The van der Waals surface area contributed by atoms with Gasteiger partial charge in [-0.3, -0.25) is 0 Å². The summed E-state index contributed by atoms with van der Waals surface area (Å²) in [4.78, 5) is 0. The highest BCUT2D eigenvalue weighted by Gasteiger charge is 2.03. The average molecular weight is 276 g/mol. The quantitative estimate of drug-likeness (QED) is 0.863. The minimum Gasteiger partial charge on any atom is -0.381 e. The topological polar surface area (TPSA) is 12.0 Å². The Hall–Kier alpha value is -1.80. The van der Waals surface area contributed by atoms with E-state index in [1.165, 1.54) is 17.7 Å². The van der Waals surface area contributed by atoms with E-state index in [1.54, 1.807) is 6.07 Å². The van der Waals surface area contributed by atoms with E-state index in [4.69, 9.17) is 11.6 Å². The number of aryl methyl sites for hydroxylation is 1. The molecular formula is C16H15ClFN. The van der Waals surface area contributed by atoms with Crippen molar-refractivity contribution < 1.29 is 4.39 Å². The Morgan fingerprint density at radius 2 is 2.05 bits per heavy atom. The molecule has 2 aromatic rings. The van der Waals surface area contributed by atoms with E-state index < -0.39 is 0 Å². The molecule has 1 nitrogen and oxygen atoms in total. The van der Waals surface area contributed by atoms with Crippen molar-refractivity contribution in [2.24, 2.45) is 0 Å². The van der Waals surface area contributed by atoms with E-state index in [-0.39, 0.29) is 5.82 Å². The Morgan fingerprint density at radius 1 is 1.26 bits per heavy atom. The summed E-state index contributed by atoms with van der Waals surface area (Å²) in [6.45, 7) is 6.60. The standard InChI is InChI=1S/C16H15ClFN/c1-11-4-3-5-13(6-11)10-19-12(2)14-7-15(17)9-16(18)8-14/h3-9,19H,2,10H2,1H3. The van der Waals surface area contributed by atoms with E-state index in [0.29, 0.717) is 22.8 Å². The highest BCUT2D eigenvalue weighted by Crippen LogP contribution is 2.18. The summed E-state index contributed by atoms with van der Waals surface area (Å²) >= 11 is 5.82. The zero-order valence-corrected chi connectivity index (χ0v) is 11.5. The van der Waals surface area contributed by atoms with Gasteiger partial charge in [-0.05, 0) is 30.7 Å². The summed E-state index contributed by atoms with van der Waals surface area (Å²) in [5.74, 6) is -0.360. The first-order valence-corrected chi connectivity index (χ1v) is 6.37. The van der Waals surface area contributed by atoms with Crippen LogP contribution in [0.4, 0.5) is 4.39 Å². The van der Waals surface area contributed by atoms with Gasteiger partial charge in [-0.15, -0.1) is 0 Å². The molecule has 0 saturated carbocycles. The summed E-state index contributed by atoms with van der Waals surface area (Å²) < 4.78 is 13.3. The predicted molar refractivity (Wildman–Crippen MR) is 78.5 cm³/mol. The molecule has 0 heterocycles. The Morgan fingerprint density at radius 3 is 2.74 bits per heavy atom. The molecular weight excluding hydrogens is 261 g/mol. The molecule has 0 aliphatic carbocycles. The van der Waals surface area contributed by atoms with Gasteiger partial charge in [0.1, 0.15) is 5.82 Å². The molecule has 0 aromatic heterocycles. The van der Waals surface area contributed by atoms with Gasteiger partial charge in [0, 0.05) is 22.8 Å². The summed E-state index contributed by atoms with van der Waals surface area (Å²) in [5, 5.41) is 3.55. The maximum absolute atomic E-state index is 13.3. The first kappa shape index (κ1) is 13.6. The highest BCUT2D eigenvalue weighted by atomic mass is 35.5. The second-order valence-corrected chi connectivity index (χ2v) is 4.92. The molecule has 98 valence electrons. The molecule has 19 heavy (non-hydrogen) atoms. The van der Waals surface area contributed by atoms with Crippen LogP contribution in [0.2, 0.25) is 5.02 Å². The van der Waals surface area contributed by atoms with Gasteiger partial charge in [0.2, 0.25) is 0 Å². The maximum Gasteiger partial charge on any atom is 0.125 e. The molecule has 0 bridgehead atoms. The van der Waals surface area contributed by atoms with Crippen molar-refractivity contribution in [1.82, 2.24) is 5.32 Å². The molecule has 3 heteroatoms. The van der Waals surface area contributed by atoms with Crippen molar-refractivity contribution in [3.05, 3.63) is 76.6 Å². The van der Waals surface area contributed by atoms with Gasteiger partial charge in [0.05, 0.1) is 0 Å². The summed E-state index contributed by atoms with van der Waals surface area (Å²) in [5.41, 5.74) is 3.68. The normalized spacial score (nSPS) is 10.3. The summed E-state index contributed by atoms with van der Waals surface area (Å²) in [6, 6.07) is 12.6. The number of hydrogen-bond acceptors (Lipinski definition) is 1. The number of halogens is 2. The smallest absolute Gasteiger partial charge is 0.125 e. The van der Waals surface area contributed by atoms with Crippen LogP contribution in [0.1, 0.15) is 16.7 Å². The highest BCUT2D eigenvalue weighted by molar-refractivity contribution is 6.30. The van der Waals surface area contributed by atoms with Crippen LogP contribution in [-0.2, 0) is 6.54 Å². The monoisotopic (exact) mass is 275 g/mol. The van der Waals surface area contributed by atoms with Crippen molar-refractivity contribution in [2.45, 2.75) is 13.5 Å². The van der Waals surface area contributed by atoms with E-state index >= 15 is 0 Å². The fraction of sp³-hybridized carbons (Fsp3) is 0.125. The lowest BCUT2D eigenvalue weighted by Crippen LogP contribution is -2.11. The second-order valence-electron chi connectivity index (χ2n) is 4.48. The second kappa shape index (κ2) is 5.89. The molecule has 2 rings (SSSR count). The fourth-order valence-corrected chi connectivity index (χ4v) is 2.08. The van der Waals surface area contributed by atoms with Crippen molar-refractivity contribution in [3.63, 3.8) is 0 Å². The lowest BCUT2D eigenvalue weighted by Gasteiger charge is -2.11. The van der Waals surface area contributed by atoms with Crippen LogP contribution in [0, 0.1) is 12.7 Å². The van der Waals surface area contributed by atoms with Gasteiger partial charge in [-0.2, -0.15) is 0 Å². The van der Waals surface area contributed by atoms with E-state index in [9.17, 15) is 4.39 Å². The number of rotatable bonds is 4. The van der Waals surface area contributed by atoms with Gasteiger partial charge in [-0.25, -0.2) is 4.39 Å². The van der Waals surface area contributed by atoms with Gasteiger partial charge in [0.15, 0.2) is 0 Å². The molecule has 0 saturated heterocycles. The van der Waals surface area contributed by atoms with E-state index in [2.05, 4.69) is 18.0 Å². The molecule has 1 N–H and O–H groups in total. The minimum atomic E-state index is -0.360. The molecule has 0 atom stereocenters. The van der Waals surface area contributed by atoms with Crippen molar-refractivity contribution in [3.8, 4) is 0 Å².